The van der Waals surface area contributed by atoms with Crippen LogP contribution in [0.3, 0.4) is 0 Å². The molecule has 2 N–H and O–H groups in total. The average Bonchev–Trinajstić information content (AvgIpc) is 3.21. The number of likely N-dealkylation sites (tertiary alicyclic amines) is 1. The molecule has 4 rings (SSSR count). The standard InChI is InChI=1S/C18H31N5O/c1-22-17(12-24)20-21-18(22)13-10-15(11-13)19-14-6-8-23(9-7-14)16-4-2-3-5-16/h13-16,19,24H,2-12H2,1H3. The van der Waals surface area contributed by atoms with E-state index in [1.165, 1.54) is 51.6 Å². The molecule has 0 radical (unpaired) electrons. The van der Waals surface area contributed by atoms with Gasteiger partial charge < -0.3 is 19.9 Å². The van der Waals surface area contributed by atoms with Crippen LogP contribution in [-0.2, 0) is 13.7 Å². The molecular weight excluding hydrogens is 302 g/mol. The maximum atomic E-state index is 9.23. The molecule has 1 saturated heterocycles. The van der Waals surface area contributed by atoms with Gasteiger partial charge in [-0.3, -0.25) is 0 Å². The predicted octanol–water partition coefficient (Wildman–Crippen LogP) is 1.55. The van der Waals surface area contributed by atoms with E-state index in [2.05, 4.69) is 20.4 Å². The molecule has 3 fully saturated rings. The Labute approximate surface area is 144 Å². The second-order valence-corrected chi connectivity index (χ2v) is 7.97. The Morgan fingerprint density at radius 1 is 1.04 bits per heavy atom. The highest BCUT2D eigenvalue weighted by Gasteiger charge is 2.36. The van der Waals surface area contributed by atoms with E-state index in [0.29, 0.717) is 23.8 Å². The van der Waals surface area contributed by atoms with Crippen molar-refractivity contribution in [2.75, 3.05) is 13.1 Å². The van der Waals surface area contributed by atoms with Crippen LogP contribution < -0.4 is 5.32 Å². The lowest BCUT2D eigenvalue weighted by Gasteiger charge is -2.41. The number of aromatic nitrogens is 3. The molecule has 3 aliphatic rings. The van der Waals surface area contributed by atoms with Crippen molar-refractivity contribution in [2.45, 2.75) is 82.0 Å². The molecule has 134 valence electrons. The van der Waals surface area contributed by atoms with Crippen LogP contribution in [0.1, 0.15) is 68.9 Å². The molecule has 2 saturated carbocycles. The van der Waals surface area contributed by atoms with Gasteiger partial charge in [0.1, 0.15) is 12.4 Å². The Balaban J connectivity index is 1.20. The molecule has 0 unspecified atom stereocenters. The normalized spacial score (nSPS) is 29.9. The largest absolute Gasteiger partial charge is 0.388 e. The number of nitrogens with zero attached hydrogens (tertiary/aromatic N) is 4. The fourth-order valence-electron chi connectivity index (χ4n) is 4.87. The minimum atomic E-state index is -0.0303. The zero-order valence-corrected chi connectivity index (χ0v) is 14.8. The Bertz CT molecular complexity index is 540. The Morgan fingerprint density at radius 2 is 1.75 bits per heavy atom. The van der Waals surface area contributed by atoms with Gasteiger partial charge in [-0.15, -0.1) is 10.2 Å². The van der Waals surface area contributed by atoms with Gasteiger partial charge in [-0.05, 0) is 51.6 Å². The minimum Gasteiger partial charge on any atom is -0.388 e. The van der Waals surface area contributed by atoms with Crippen molar-refractivity contribution in [1.29, 1.82) is 0 Å². The van der Waals surface area contributed by atoms with Crippen LogP contribution in [-0.4, -0.2) is 56.0 Å². The SMILES string of the molecule is Cn1c(CO)nnc1C1CC(NC2CCN(C3CCCC3)CC2)C1. The first-order valence-corrected chi connectivity index (χ1v) is 9.73. The second-order valence-electron chi connectivity index (χ2n) is 7.97. The van der Waals surface area contributed by atoms with Crippen LogP contribution in [0.15, 0.2) is 0 Å². The van der Waals surface area contributed by atoms with Gasteiger partial charge in [0.05, 0.1) is 0 Å². The van der Waals surface area contributed by atoms with E-state index in [0.717, 1.165) is 24.7 Å². The average molecular weight is 333 g/mol. The zero-order chi connectivity index (χ0) is 16.5. The molecule has 1 aromatic heterocycles. The number of aliphatic hydroxyl groups excluding tert-OH is 1. The molecule has 1 aliphatic heterocycles. The van der Waals surface area contributed by atoms with E-state index in [1.54, 1.807) is 0 Å². The van der Waals surface area contributed by atoms with E-state index in [9.17, 15) is 5.11 Å². The fourth-order valence-corrected chi connectivity index (χ4v) is 4.87. The first kappa shape index (κ1) is 16.5. The van der Waals surface area contributed by atoms with Crippen molar-refractivity contribution in [1.82, 2.24) is 25.0 Å². The Hall–Kier alpha value is -0.980. The van der Waals surface area contributed by atoms with E-state index in [4.69, 9.17) is 0 Å². The molecule has 2 aliphatic carbocycles. The first-order valence-electron chi connectivity index (χ1n) is 9.73. The molecule has 0 spiro atoms. The summed E-state index contributed by atoms with van der Waals surface area (Å²) in [4.78, 5) is 2.74. The summed E-state index contributed by atoms with van der Waals surface area (Å²) in [6.07, 6.45) is 10.6. The van der Waals surface area contributed by atoms with Gasteiger partial charge in [-0.25, -0.2) is 0 Å². The number of nitrogens with one attached hydrogen (secondary N) is 1. The maximum Gasteiger partial charge on any atom is 0.158 e. The van der Waals surface area contributed by atoms with Gasteiger partial charge in [-0.2, -0.15) is 0 Å². The molecule has 0 aromatic carbocycles. The molecule has 2 heterocycles. The maximum absolute atomic E-state index is 9.23. The summed E-state index contributed by atoms with van der Waals surface area (Å²) in [5.74, 6) is 2.20. The van der Waals surface area contributed by atoms with Gasteiger partial charge in [-0.1, -0.05) is 12.8 Å². The van der Waals surface area contributed by atoms with Crippen LogP contribution in [0.25, 0.3) is 0 Å². The number of rotatable bonds is 5. The number of hydrogen-bond acceptors (Lipinski definition) is 5. The first-order chi connectivity index (χ1) is 11.7. The van der Waals surface area contributed by atoms with Gasteiger partial charge in [0.25, 0.3) is 0 Å². The summed E-state index contributed by atoms with van der Waals surface area (Å²) in [5.41, 5.74) is 0. The Morgan fingerprint density at radius 3 is 2.38 bits per heavy atom. The van der Waals surface area contributed by atoms with Crippen LogP contribution >= 0.6 is 0 Å². The van der Waals surface area contributed by atoms with Crippen molar-refractivity contribution in [3.05, 3.63) is 11.6 Å². The van der Waals surface area contributed by atoms with Crippen LogP contribution in [0, 0.1) is 0 Å². The zero-order valence-electron chi connectivity index (χ0n) is 14.8. The van der Waals surface area contributed by atoms with Crippen LogP contribution in [0.2, 0.25) is 0 Å². The van der Waals surface area contributed by atoms with Crippen molar-refractivity contribution in [2.24, 2.45) is 7.05 Å². The monoisotopic (exact) mass is 333 g/mol. The molecular formula is C18H31N5O. The highest BCUT2D eigenvalue weighted by molar-refractivity contribution is 5.08. The van der Waals surface area contributed by atoms with Crippen molar-refractivity contribution < 1.29 is 5.11 Å². The van der Waals surface area contributed by atoms with Gasteiger partial charge in [0.15, 0.2) is 5.82 Å². The second kappa shape index (κ2) is 7.10. The number of hydrogen-bond donors (Lipinski definition) is 2. The van der Waals surface area contributed by atoms with Crippen molar-refractivity contribution in [3.8, 4) is 0 Å². The number of piperidine rings is 1. The molecule has 0 bridgehead atoms. The topological polar surface area (TPSA) is 66.2 Å². The summed E-state index contributed by atoms with van der Waals surface area (Å²) in [6, 6.07) is 2.21. The lowest BCUT2D eigenvalue weighted by molar-refractivity contribution is 0.130. The summed E-state index contributed by atoms with van der Waals surface area (Å²) in [5, 5.41) is 21.4. The summed E-state index contributed by atoms with van der Waals surface area (Å²) in [6.45, 7) is 2.53. The lowest BCUT2D eigenvalue weighted by Crippen LogP contribution is -2.51. The molecule has 6 heteroatoms. The van der Waals surface area contributed by atoms with Crippen molar-refractivity contribution in [3.63, 3.8) is 0 Å². The van der Waals surface area contributed by atoms with E-state index >= 15 is 0 Å². The number of aliphatic hydroxyl groups is 1. The summed E-state index contributed by atoms with van der Waals surface area (Å²) in [7, 11) is 1.96. The molecule has 24 heavy (non-hydrogen) atoms. The third-order valence-electron chi connectivity index (χ3n) is 6.49. The van der Waals surface area contributed by atoms with Crippen LogP contribution in [0.4, 0.5) is 0 Å². The molecule has 1 aromatic rings. The van der Waals surface area contributed by atoms with Gasteiger partial charge in [0.2, 0.25) is 0 Å². The van der Waals surface area contributed by atoms with Gasteiger partial charge in [0, 0.05) is 31.1 Å². The highest BCUT2D eigenvalue weighted by Crippen LogP contribution is 2.36. The summed E-state index contributed by atoms with van der Waals surface area (Å²) < 4.78 is 1.96. The van der Waals surface area contributed by atoms with Crippen LogP contribution in [0.5, 0.6) is 0 Å². The molecule has 6 nitrogen and oxygen atoms in total. The lowest BCUT2D eigenvalue weighted by atomic mass is 9.79. The Kier molecular flexibility index (Phi) is 4.88. The molecule has 0 amide bonds. The van der Waals surface area contributed by atoms with Crippen molar-refractivity contribution >= 4 is 0 Å². The third-order valence-corrected chi connectivity index (χ3v) is 6.49. The molecule has 0 atom stereocenters. The van der Waals surface area contributed by atoms with Gasteiger partial charge >= 0.3 is 0 Å². The van der Waals surface area contributed by atoms with E-state index in [1.807, 2.05) is 11.6 Å². The fraction of sp³-hybridized carbons (Fsp3) is 0.889. The summed E-state index contributed by atoms with van der Waals surface area (Å²) >= 11 is 0. The predicted molar refractivity (Wildman–Crippen MR) is 92.7 cm³/mol. The van der Waals surface area contributed by atoms with E-state index in [-0.39, 0.29) is 6.61 Å². The minimum absolute atomic E-state index is 0.0303. The third kappa shape index (κ3) is 3.24. The van der Waals surface area contributed by atoms with E-state index < -0.39 is 0 Å². The highest BCUT2D eigenvalue weighted by atomic mass is 16.3. The smallest absolute Gasteiger partial charge is 0.158 e. The quantitative estimate of drug-likeness (QED) is 0.856.